The SMILES string of the molecule is Cc1ccccc1C=C(Br)Br. The molecule has 11 heavy (non-hydrogen) atoms. The van der Waals surface area contributed by atoms with Gasteiger partial charge in [-0.15, -0.1) is 0 Å². The minimum Gasteiger partial charge on any atom is -0.0620 e. The van der Waals surface area contributed by atoms with Crippen LogP contribution < -0.4 is 0 Å². The molecule has 0 aliphatic heterocycles. The molecule has 0 saturated carbocycles. The zero-order chi connectivity index (χ0) is 8.27. The van der Waals surface area contributed by atoms with E-state index in [2.05, 4.69) is 50.9 Å². The zero-order valence-electron chi connectivity index (χ0n) is 6.14. The molecule has 1 aromatic carbocycles. The first-order chi connectivity index (χ1) is 5.20. The van der Waals surface area contributed by atoms with Crippen molar-refractivity contribution in [3.8, 4) is 0 Å². The largest absolute Gasteiger partial charge is 0.0620 e. The number of aryl methyl sites for hydroxylation is 1. The molecule has 0 spiro atoms. The Morgan fingerprint density at radius 1 is 1.27 bits per heavy atom. The van der Waals surface area contributed by atoms with Gasteiger partial charge in [-0.2, -0.15) is 0 Å². The van der Waals surface area contributed by atoms with Crippen LogP contribution in [0.1, 0.15) is 11.1 Å². The van der Waals surface area contributed by atoms with Crippen LogP contribution >= 0.6 is 31.9 Å². The summed E-state index contributed by atoms with van der Waals surface area (Å²) in [6, 6.07) is 8.24. The summed E-state index contributed by atoms with van der Waals surface area (Å²) < 4.78 is 0.972. The van der Waals surface area contributed by atoms with E-state index in [1.165, 1.54) is 11.1 Å². The normalized spacial score (nSPS) is 9.36. The van der Waals surface area contributed by atoms with Gasteiger partial charge in [-0.25, -0.2) is 0 Å². The molecule has 58 valence electrons. The zero-order valence-corrected chi connectivity index (χ0v) is 9.31. The van der Waals surface area contributed by atoms with Crippen LogP contribution in [-0.4, -0.2) is 0 Å². The van der Waals surface area contributed by atoms with Crippen LogP contribution in [0.2, 0.25) is 0 Å². The van der Waals surface area contributed by atoms with Crippen LogP contribution in [0.3, 0.4) is 0 Å². The number of hydrogen-bond acceptors (Lipinski definition) is 0. The number of hydrogen-bond donors (Lipinski definition) is 0. The van der Waals surface area contributed by atoms with Crippen molar-refractivity contribution in [2.24, 2.45) is 0 Å². The van der Waals surface area contributed by atoms with Gasteiger partial charge in [0.1, 0.15) is 0 Å². The lowest BCUT2D eigenvalue weighted by atomic mass is 10.1. The van der Waals surface area contributed by atoms with E-state index in [-0.39, 0.29) is 0 Å². The molecule has 0 bridgehead atoms. The summed E-state index contributed by atoms with van der Waals surface area (Å²) in [4.78, 5) is 0. The number of benzene rings is 1. The topological polar surface area (TPSA) is 0 Å². The minimum atomic E-state index is 0.972. The van der Waals surface area contributed by atoms with Crippen molar-refractivity contribution >= 4 is 37.9 Å². The summed E-state index contributed by atoms with van der Waals surface area (Å²) in [5.41, 5.74) is 2.51. The van der Waals surface area contributed by atoms with Gasteiger partial charge < -0.3 is 0 Å². The average Bonchev–Trinajstić information content (AvgIpc) is 1.93. The van der Waals surface area contributed by atoms with Crippen LogP contribution in [0.5, 0.6) is 0 Å². The van der Waals surface area contributed by atoms with Gasteiger partial charge in [-0.05, 0) is 56.0 Å². The first kappa shape index (κ1) is 9.01. The van der Waals surface area contributed by atoms with Gasteiger partial charge in [0.25, 0.3) is 0 Å². The predicted molar refractivity (Wildman–Crippen MR) is 57.0 cm³/mol. The lowest BCUT2D eigenvalue weighted by Gasteiger charge is -1.97. The molecule has 0 saturated heterocycles. The highest BCUT2D eigenvalue weighted by molar-refractivity contribution is 9.28. The van der Waals surface area contributed by atoms with Crippen molar-refractivity contribution in [3.63, 3.8) is 0 Å². The van der Waals surface area contributed by atoms with Gasteiger partial charge in [-0.3, -0.25) is 0 Å². The third-order valence-electron chi connectivity index (χ3n) is 1.45. The molecule has 0 unspecified atom stereocenters. The van der Waals surface area contributed by atoms with Crippen LogP contribution in [0.25, 0.3) is 6.08 Å². The Hall–Kier alpha value is -0.0800. The molecule has 0 atom stereocenters. The van der Waals surface area contributed by atoms with Crippen LogP contribution in [-0.2, 0) is 0 Å². The molecule has 0 N–H and O–H groups in total. The summed E-state index contributed by atoms with van der Waals surface area (Å²) in [7, 11) is 0. The molecular weight excluding hydrogens is 268 g/mol. The van der Waals surface area contributed by atoms with E-state index in [4.69, 9.17) is 0 Å². The van der Waals surface area contributed by atoms with Crippen molar-refractivity contribution in [2.75, 3.05) is 0 Å². The second kappa shape index (κ2) is 4.07. The molecule has 0 aromatic heterocycles. The Morgan fingerprint density at radius 3 is 2.45 bits per heavy atom. The number of rotatable bonds is 1. The van der Waals surface area contributed by atoms with Gasteiger partial charge in [0.05, 0.1) is 3.39 Å². The monoisotopic (exact) mass is 274 g/mol. The predicted octanol–water partition coefficient (Wildman–Crippen LogP) is 4.08. The first-order valence-corrected chi connectivity index (χ1v) is 4.87. The Morgan fingerprint density at radius 2 is 1.91 bits per heavy atom. The lowest BCUT2D eigenvalue weighted by molar-refractivity contribution is 1.45. The highest BCUT2D eigenvalue weighted by Crippen LogP contribution is 2.19. The first-order valence-electron chi connectivity index (χ1n) is 3.28. The van der Waals surface area contributed by atoms with Crippen LogP contribution in [0.15, 0.2) is 27.7 Å². The average molecular weight is 276 g/mol. The third kappa shape index (κ3) is 2.80. The maximum atomic E-state index is 3.32. The Balaban J connectivity index is 3.04. The summed E-state index contributed by atoms with van der Waals surface area (Å²) in [6.07, 6.45) is 2.04. The standard InChI is InChI=1S/C9H8Br2/c1-7-4-2-3-5-8(7)6-9(10)11/h2-6H,1H3. The molecule has 0 amide bonds. The molecular formula is C9H8Br2. The smallest absolute Gasteiger partial charge is 0.0610 e. The third-order valence-corrected chi connectivity index (χ3v) is 1.91. The van der Waals surface area contributed by atoms with Crippen molar-refractivity contribution in [2.45, 2.75) is 6.92 Å². The molecule has 0 aliphatic carbocycles. The van der Waals surface area contributed by atoms with Crippen molar-refractivity contribution < 1.29 is 0 Å². The Labute approximate surface area is 83.6 Å². The molecule has 1 aromatic rings. The summed E-state index contributed by atoms with van der Waals surface area (Å²) >= 11 is 6.65. The summed E-state index contributed by atoms with van der Waals surface area (Å²) in [5, 5.41) is 0. The van der Waals surface area contributed by atoms with E-state index < -0.39 is 0 Å². The molecule has 2 heteroatoms. The van der Waals surface area contributed by atoms with Crippen molar-refractivity contribution in [1.29, 1.82) is 0 Å². The molecule has 0 heterocycles. The number of halogens is 2. The van der Waals surface area contributed by atoms with Crippen molar-refractivity contribution in [3.05, 3.63) is 38.8 Å². The van der Waals surface area contributed by atoms with Crippen LogP contribution in [0, 0.1) is 6.92 Å². The van der Waals surface area contributed by atoms with Crippen molar-refractivity contribution in [1.82, 2.24) is 0 Å². The summed E-state index contributed by atoms with van der Waals surface area (Å²) in [5.74, 6) is 0. The van der Waals surface area contributed by atoms with E-state index in [1.54, 1.807) is 0 Å². The maximum Gasteiger partial charge on any atom is 0.0610 e. The van der Waals surface area contributed by atoms with E-state index in [0.717, 1.165) is 3.39 Å². The quantitative estimate of drug-likeness (QED) is 0.724. The van der Waals surface area contributed by atoms with Gasteiger partial charge in [0, 0.05) is 0 Å². The van der Waals surface area contributed by atoms with Gasteiger partial charge in [0.2, 0.25) is 0 Å². The van der Waals surface area contributed by atoms with E-state index >= 15 is 0 Å². The maximum absolute atomic E-state index is 3.32. The highest BCUT2D eigenvalue weighted by atomic mass is 79.9. The van der Waals surface area contributed by atoms with Gasteiger partial charge >= 0.3 is 0 Å². The second-order valence-electron chi connectivity index (χ2n) is 2.29. The molecule has 1 rings (SSSR count). The highest BCUT2D eigenvalue weighted by Gasteiger charge is 1.91. The fourth-order valence-electron chi connectivity index (χ4n) is 0.866. The fraction of sp³-hybridized carbons (Fsp3) is 0.111. The summed E-state index contributed by atoms with van der Waals surface area (Å²) in [6.45, 7) is 2.09. The van der Waals surface area contributed by atoms with E-state index in [9.17, 15) is 0 Å². The minimum absolute atomic E-state index is 0.972. The Bertz CT molecular complexity index is 273. The lowest BCUT2D eigenvalue weighted by Crippen LogP contribution is -1.77. The Kier molecular flexibility index (Phi) is 3.34. The van der Waals surface area contributed by atoms with E-state index in [0.29, 0.717) is 0 Å². The molecule has 0 radical (unpaired) electrons. The molecule has 0 fully saturated rings. The van der Waals surface area contributed by atoms with E-state index in [1.807, 2.05) is 18.2 Å². The van der Waals surface area contributed by atoms with Crippen LogP contribution in [0.4, 0.5) is 0 Å². The van der Waals surface area contributed by atoms with Gasteiger partial charge in [0.15, 0.2) is 0 Å². The second-order valence-corrected chi connectivity index (χ2v) is 5.06. The molecule has 0 nitrogen and oxygen atoms in total. The van der Waals surface area contributed by atoms with Gasteiger partial charge in [-0.1, -0.05) is 24.3 Å². The molecule has 0 aliphatic rings. The fourth-order valence-corrected chi connectivity index (χ4v) is 1.36.